The Morgan fingerprint density at radius 2 is 1.74 bits per heavy atom. The molecule has 4 atom stereocenters. The van der Waals surface area contributed by atoms with E-state index in [1.807, 2.05) is 10.6 Å². The third-order valence-corrected chi connectivity index (χ3v) is 18.9. The lowest BCUT2D eigenvalue weighted by atomic mass is 10.1. The summed E-state index contributed by atoms with van der Waals surface area (Å²) >= 11 is 8.77. The maximum absolute atomic E-state index is 6.97. The Bertz CT molecular complexity index is 1410. The SMILES string of the molecule is CC(C)(C)[Si](C)(C)OC[C@H]1O[C@@H](n2cnc3c(NCc4cccc(I)c4)nc(Cl)nc32)[C@H](O[Si](C)(C)C(C)(C)C)[C@@H]1N. The lowest BCUT2D eigenvalue weighted by Crippen LogP contribution is -2.52. The van der Waals surface area contributed by atoms with Crippen LogP contribution >= 0.6 is 34.2 Å². The molecular formula is C29H46ClIN6O3Si2. The molecule has 1 aliphatic heterocycles. The van der Waals surface area contributed by atoms with Crippen LogP contribution in [-0.4, -0.2) is 61.0 Å². The average Bonchev–Trinajstić information content (AvgIpc) is 3.40. The fourth-order valence-electron chi connectivity index (χ4n) is 4.32. The fourth-order valence-corrected chi connectivity index (χ4v) is 7.41. The van der Waals surface area contributed by atoms with Crippen molar-refractivity contribution in [3.05, 3.63) is 45.0 Å². The van der Waals surface area contributed by atoms with E-state index in [4.69, 9.17) is 35.9 Å². The molecule has 3 heterocycles. The molecule has 2 aromatic heterocycles. The molecule has 13 heteroatoms. The molecule has 1 saturated heterocycles. The number of fused-ring (bicyclic) bond motifs is 1. The van der Waals surface area contributed by atoms with Crippen LogP contribution in [0, 0.1) is 3.57 Å². The van der Waals surface area contributed by atoms with Gasteiger partial charge in [-0.3, -0.25) is 4.57 Å². The Hall–Kier alpha value is -1.14. The van der Waals surface area contributed by atoms with Crippen LogP contribution in [0.5, 0.6) is 0 Å². The van der Waals surface area contributed by atoms with Crippen LogP contribution in [0.3, 0.4) is 0 Å². The zero-order chi connectivity index (χ0) is 31.3. The summed E-state index contributed by atoms with van der Waals surface area (Å²) in [7, 11) is -4.25. The monoisotopic (exact) mass is 744 g/mol. The van der Waals surface area contributed by atoms with Crippen molar-refractivity contribution in [2.24, 2.45) is 5.73 Å². The topological polar surface area (TPSA) is 109 Å². The van der Waals surface area contributed by atoms with Crippen molar-refractivity contribution >= 4 is 67.8 Å². The van der Waals surface area contributed by atoms with Crippen LogP contribution in [0.4, 0.5) is 5.82 Å². The zero-order valence-electron chi connectivity index (χ0n) is 26.5. The van der Waals surface area contributed by atoms with E-state index in [-0.39, 0.29) is 21.5 Å². The molecule has 3 aromatic rings. The molecule has 0 unspecified atom stereocenters. The summed E-state index contributed by atoms with van der Waals surface area (Å²) in [4.78, 5) is 13.7. The molecule has 232 valence electrons. The standard InChI is InChI=1S/C29H46ClIN6O3Si2/c1-28(2,3)41(7,8)38-16-20-21(32)23(40-42(9,10)29(4,5)6)26(39-20)37-17-34-22-24(35-27(30)36-25(22)37)33-15-18-12-11-13-19(31)14-18/h11-14,17,20-21,23,26H,15-16,32H2,1-10H3,(H,33,35,36)/t20-,21-,23-,26-/m1/s1. The number of hydrogen-bond acceptors (Lipinski definition) is 8. The number of aromatic nitrogens is 4. The molecule has 1 fully saturated rings. The van der Waals surface area contributed by atoms with Crippen LogP contribution in [0.1, 0.15) is 53.3 Å². The molecular weight excluding hydrogens is 699 g/mol. The molecule has 3 N–H and O–H groups in total. The van der Waals surface area contributed by atoms with Crippen LogP contribution in [0.2, 0.25) is 41.5 Å². The number of nitrogens with zero attached hydrogens (tertiary/aromatic N) is 4. The van der Waals surface area contributed by atoms with E-state index in [2.05, 4.69) is 124 Å². The van der Waals surface area contributed by atoms with Gasteiger partial charge in [0.25, 0.3) is 0 Å². The Kier molecular flexibility index (Phi) is 9.91. The molecule has 4 rings (SSSR count). The van der Waals surface area contributed by atoms with Crippen LogP contribution in [-0.2, 0) is 20.1 Å². The van der Waals surface area contributed by atoms with Crippen LogP contribution in [0.25, 0.3) is 11.2 Å². The quantitative estimate of drug-likeness (QED) is 0.133. The number of benzene rings is 1. The van der Waals surface area contributed by atoms with Crippen LogP contribution < -0.4 is 11.1 Å². The van der Waals surface area contributed by atoms with Crippen molar-refractivity contribution in [2.45, 2.75) is 109 Å². The highest BCUT2D eigenvalue weighted by atomic mass is 127. The summed E-state index contributed by atoms with van der Waals surface area (Å²) < 4.78 is 23.3. The van der Waals surface area contributed by atoms with Gasteiger partial charge in [0.05, 0.1) is 25.1 Å². The van der Waals surface area contributed by atoms with Gasteiger partial charge in [-0.1, -0.05) is 53.7 Å². The van der Waals surface area contributed by atoms with E-state index >= 15 is 0 Å². The number of anilines is 1. The lowest BCUT2D eigenvalue weighted by Gasteiger charge is -2.40. The molecule has 1 aliphatic rings. The maximum atomic E-state index is 6.97. The second-order valence-electron chi connectivity index (χ2n) is 14.2. The van der Waals surface area contributed by atoms with Crippen molar-refractivity contribution in [1.82, 2.24) is 19.5 Å². The van der Waals surface area contributed by atoms with Crippen molar-refractivity contribution in [2.75, 3.05) is 11.9 Å². The minimum atomic E-state index is -2.23. The Morgan fingerprint density at radius 3 is 2.36 bits per heavy atom. The smallest absolute Gasteiger partial charge is 0.226 e. The average molecular weight is 745 g/mol. The van der Waals surface area contributed by atoms with Crippen molar-refractivity contribution in [1.29, 1.82) is 0 Å². The largest absolute Gasteiger partial charge is 0.414 e. The summed E-state index contributed by atoms with van der Waals surface area (Å²) in [5.41, 5.74) is 9.23. The summed E-state index contributed by atoms with van der Waals surface area (Å²) in [5.74, 6) is 0.560. The first-order valence-corrected chi connectivity index (χ1v) is 21.7. The lowest BCUT2D eigenvalue weighted by molar-refractivity contribution is -0.0445. The molecule has 42 heavy (non-hydrogen) atoms. The normalized spacial score (nSPS) is 22.2. The highest BCUT2D eigenvalue weighted by Crippen LogP contribution is 2.43. The van der Waals surface area contributed by atoms with Gasteiger partial charge in [-0.2, -0.15) is 9.97 Å². The fraction of sp³-hybridized carbons (Fsp3) is 0.621. The number of ether oxygens (including phenoxy) is 1. The number of nitrogens with two attached hydrogens (primary N) is 1. The molecule has 9 nitrogen and oxygen atoms in total. The summed E-state index contributed by atoms with van der Waals surface area (Å²) in [5, 5.41) is 3.57. The summed E-state index contributed by atoms with van der Waals surface area (Å²) in [6.45, 7) is 23.3. The second-order valence-corrected chi connectivity index (χ2v) is 25.4. The van der Waals surface area contributed by atoms with Gasteiger partial charge in [-0.25, -0.2) is 4.98 Å². The molecule has 1 aromatic carbocycles. The summed E-state index contributed by atoms with van der Waals surface area (Å²) in [6, 6.07) is 7.88. The predicted molar refractivity (Wildman–Crippen MR) is 184 cm³/mol. The molecule has 0 amide bonds. The number of rotatable bonds is 9. The number of nitrogens with one attached hydrogen (secondary N) is 1. The number of imidazole rings is 1. The van der Waals surface area contributed by atoms with Crippen molar-refractivity contribution in [3.63, 3.8) is 0 Å². The maximum Gasteiger partial charge on any atom is 0.226 e. The van der Waals surface area contributed by atoms with Crippen molar-refractivity contribution < 1.29 is 13.6 Å². The van der Waals surface area contributed by atoms with E-state index in [1.165, 1.54) is 0 Å². The predicted octanol–water partition coefficient (Wildman–Crippen LogP) is 7.33. The Labute approximate surface area is 271 Å². The Morgan fingerprint density at radius 1 is 1.07 bits per heavy atom. The van der Waals surface area contributed by atoms with E-state index in [0.29, 0.717) is 30.1 Å². The van der Waals surface area contributed by atoms with Gasteiger partial charge in [0.2, 0.25) is 5.28 Å². The van der Waals surface area contributed by atoms with E-state index in [0.717, 1.165) is 9.13 Å². The summed E-state index contributed by atoms with van der Waals surface area (Å²) in [6.07, 6.45) is 0.393. The van der Waals surface area contributed by atoms with Gasteiger partial charge in [0.1, 0.15) is 6.10 Å². The minimum Gasteiger partial charge on any atom is -0.414 e. The molecule has 0 bridgehead atoms. The third kappa shape index (κ3) is 7.22. The minimum absolute atomic E-state index is 0.0121. The molecule has 0 aliphatic carbocycles. The van der Waals surface area contributed by atoms with E-state index in [1.54, 1.807) is 6.33 Å². The second kappa shape index (κ2) is 12.3. The van der Waals surface area contributed by atoms with Gasteiger partial charge in [-0.15, -0.1) is 0 Å². The molecule has 0 radical (unpaired) electrons. The van der Waals surface area contributed by atoms with E-state index in [9.17, 15) is 0 Å². The van der Waals surface area contributed by atoms with Gasteiger partial charge in [-0.05, 0) is 88.2 Å². The highest BCUT2D eigenvalue weighted by Gasteiger charge is 2.51. The first-order valence-electron chi connectivity index (χ1n) is 14.4. The first kappa shape index (κ1) is 33.8. The van der Waals surface area contributed by atoms with E-state index < -0.39 is 35.0 Å². The number of halogens is 2. The van der Waals surface area contributed by atoms with Gasteiger partial charge < -0.3 is 24.6 Å². The highest BCUT2D eigenvalue weighted by molar-refractivity contribution is 14.1. The molecule has 0 saturated carbocycles. The van der Waals surface area contributed by atoms with Crippen molar-refractivity contribution in [3.8, 4) is 0 Å². The van der Waals surface area contributed by atoms with Gasteiger partial charge in [0.15, 0.2) is 39.8 Å². The molecule has 0 spiro atoms. The Balaban J connectivity index is 1.68. The number of hydrogen-bond donors (Lipinski definition) is 2. The third-order valence-electron chi connectivity index (χ3n) is 9.07. The zero-order valence-corrected chi connectivity index (χ0v) is 31.4. The van der Waals surface area contributed by atoms with Crippen LogP contribution in [0.15, 0.2) is 30.6 Å². The first-order chi connectivity index (χ1) is 19.3. The van der Waals surface area contributed by atoms with Gasteiger partial charge >= 0.3 is 0 Å². The van der Waals surface area contributed by atoms with Gasteiger partial charge in [0, 0.05) is 10.1 Å².